The maximum atomic E-state index is 13.3. The van der Waals surface area contributed by atoms with E-state index < -0.39 is 0 Å². The average Bonchev–Trinajstić information content (AvgIpc) is 2.77. The van der Waals surface area contributed by atoms with Gasteiger partial charge in [0.05, 0.1) is 19.2 Å². The van der Waals surface area contributed by atoms with Gasteiger partial charge in [0.2, 0.25) is 0 Å². The van der Waals surface area contributed by atoms with Gasteiger partial charge in [0.15, 0.2) is 0 Å². The number of nitrogens with two attached hydrogens (primary N) is 1. The zero-order chi connectivity index (χ0) is 23.0. The summed E-state index contributed by atoms with van der Waals surface area (Å²) < 4.78 is 10.7. The van der Waals surface area contributed by atoms with Crippen molar-refractivity contribution in [1.82, 2.24) is 4.90 Å². The van der Waals surface area contributed by atoms with Gasteiger partial charge in [-0.05, 0) is 61.7 Å². The second-order valence-corrected chi connectivity index (χ2v) is 8.18. The van der Waals surface area contributed by atoms with Gasteiger partial charge in [0.1, 0.15) is 16.5 Å². The van der Waals surface area contributed by atoms with Crippen LogP contribution in [0.4, 0.5) is 0 Å². The van der Waals surface area contributed by atoms with Crippen molar-refractivity contribution in [3.05, 3.63) is 70.3 Å². The number of rotatable bonds is 9. The first kappa shape index (κ1) is 24.3. The highest BCUT2D eigenvalue weighted by molar-refractivity contribution is 8.17. The smallest absolute Gasteiger partial charge is 0.258 e. The van der Waals surface area contributed by atoms with Crippen molar-refractivity contribution in [2.24, 2.45) is 10.9 Å². The molecule has 7 heteroatoms. The van der Waals surface area contributed by atoms with Crippen LogP contribution in [0.25, 0.3) is 0 Å². The van der Waals surface area contributed by atoms with E-state index >= 15 is 0 Å². The number of thioether (sulfide) groups is 1. The van der Waals surface area contributed by atoms with Crippen LogP contribution in [0.5, 0.6) is 11.5 Å². The van der Waals surface area contributed by atoms with Crippen molar-refractivity contribution in [2.45, 2.75) is 33.6 Å². The molecule has 0 aliphatic heterocycles. The Labute approximate surface area is 189 Å². The summed E-state index contributed by atoms with van der Waals surface area (Å²) in [7, 11) is 3.23. The van der Waals surface area contributed by atoms with Gasteiger partial charge in [-0.25, -0.2) is 0 Å². The molecule has 0 saturated heterocycles. The normalized spacial score (nSPS) is 11.2. The lowest BCUT2D eigenvalue weighted by molar-refractivity contribution is 0.0816. The second-order valence-electron chi connectivity index (χ2n) is 7.12. The van der Waals surface area contributed by atoms with Gasteiger partial charge < -0.3 is 20.2 Å². The Kier molecular flexibility index (Phi) is 9.00. The molecule has 0 spiro atoms. The summed E-state index contributed by atoms with van der Waals surface area (Å²) in [5.74, 6) is 7.06. The van der Waals surface area contributed by atoms with Crippen LogP contribution >= 0.6 is 11.8 Å². The summed E-state index contributed by atoms with van der Waals surface area (Å²) in [6.07, 6.45) is 1.81. The maximum absolute atomic E-state index is 13.3. The number of hydrogen-bond acceptors (Lipinski definition) is 6. The fourth-order valence-electron chi connectivity index (χ4n) is 3.29. The Balaban J connectivity index is 2.31. The van der Waals surface area contributed by atoms with Gasteiger partial charge in [-0.1, -0.05) is 37.8 Å². The number of carbonyl (C=O) groups excluding carboxylic acids is 1. The summed E-state index contributed by atoms with van der Waals surface area (Å²) in [5, 5.41) is 5.13. The second kappa shape index (κ2) is 11.5. The first-order valence-electron chi connectivity index (χ1n) is 10.1. The van der Waals surface area contributed by atoms with Crippen LogP contribution < -0.4 is 15.3 Å². The number of hydrogen-bond donors (Lipinski definition) is 1. The molecular formula is C24H31N3O3S. The van der Waals surface area contributed by atoms with E-state index in [1.54, 1.807) is 37.3 Å². The lowest BCUT2D eigenvalue weighted by Crippen LogP contribution is -2.30. The van der Waals surface area contributed by atoms with Crippen molar-refractivity contribution in [1.29, 1.82) is 0 Å². The Morgan fingerprint density at radius 2 is 1.81 bits per heavy atom. The third kappa shape index (κ3) is 6.04. The number of ether oxygens (including phenoxy) is 2. The fraction of sp³-hybridized carbons (Fsp3) is 0.333. The number of amides is 1. The summed E-state index contributed by atoms with van der Waals surface area (Å²) in [6, 6.07) is 11.1. The van der Waals surface area contributed by atoms with Crippen molar-refractivity contribution in [3.63, 3.8) is 0 Å². The Bertz CT molecular complexity index is 949. The molecule has 0 aliphatic rings. The number of methoxy groups -OCH3 is 2. The molecule has 0 atom stereocenters. The van der Waals surface area contributed by atoms with Crippen LogP contribution in [0.15, 0.2) is 53.1 Å². The minimum Gasteiger partial charge on any atom is -0.497 e. The predicted molar refractivity (Wildman–Crippen MR) is 129 cm³/mol. The minimum absolute atomic E-state index is 0.136. The first-order valence-corrected chi connectivity index (χ1v) is 10.9. The third-order valence-corrected chi connectivity index (χ3v) is 5.83. The van der Waals surface area contributed by atoms with Gasteiger partial charge in [-0.15, -0.1) is 0 Å². The molecule has 1 amide bonds. The number of unbranched alkanes of at least 4 members (excludes halogenated alkanes) is 1. The molecule has 0 bridgehead atoms. The largest absolute Gasteiger partial charge is 0.497 e. The lowest BCUT2D eigenvalue weighted by atomic mass is 10.1. The standard InChI is InChI=1S/C24H31N3O3S/c1-7-8-12-27(24(28)19-10-9-11-21(15-19)29-5)18(4)31-23(26-25)20-13-16(2)22(30-6)17(3)14-20/h9-11,13-15H,4,7-8,12,25H2,1-3,5-6H3/b26-23-. The van der Waals surface area contributed by atoms with Crippen LogP contribution in [-0.2, 0) is 0 Å². The van der Waals surface area contributed by atoms with Crippen LogP contribution in [0.2, 0.25) is 0 Å². The topological polar surface area (TPSA) is 77.2 Å². The van der Waals surface area contributed by atoms with Gasteiger partial charge >= 0.3 is 0 Å². The van der Waals surface area contributed by atoms with Gasteiger partial charge in [-0.3, -0.25) is 4.79 Å². The highest BCUT2D eigenvalue weighted by Gasteiger charge is 2.22. The molecule has 166 valence electrons. The summed E-state index contributed by atoms with van der Waals surface area (Å²) >= 11 is 1.28. The molecule has 0 aromatic heterocycles. The molecule has 0 aliphatic carbocycles. The molecule has 0 saturated carbocycles. The molecule has 2 N–H and O–H groups in total. The van der Waals surface area contributed by atoms with E-state index in [0.29, 0.717) is 27.9 Å². The number of hydrazone groups is 1. The monoisotopic (exact) mass is 441 g/mol. The molecule has 2 aromatic rings. The zero-order valence-electron chi connectivity index (χ0n) is 18.9. The number of aryl methyl sites for hydroxylation is 2. The average molecular weight is 442 g/mol. The van der Waals surface area contributed by atoms with E-state index in [4.69, 9.17) is 15.3 Å². The van der Waals surface area contributed by atoms with E-state index in [2.05, 4.69) is 18.6 Å². The van der Waals surface area contributed by atoms with Crippen molar-refractivity contribution in [3.8, 4) is 11.5 Å². The first-order chi connectivity index (χ1) is 14.9. The van der Waals surface area contributed by atoms with E-state index in [-0.39, 0.29) is 5.91 Å². The Morgan fingerprint density at radius 1 is 1.13 bits per heavy atom. The number of nitrogens with zero attached hydrogens (tertiary/aromatic N) is 2. The fourth-order valence-corrected chi connectivity index (χ4v) is 4.09. The van der Waals surface area contributed by atoms with Gasteiger partial charge in [0.25, 0.3) is 5.91 Å². The SMILES string of the molecule is C=C(S/C(=N\N)c1cc(C)c(OC)c(C)c1)N(CCCC)C(=O)c1cccc(OC)c1. The lowest BCUT2D eigenvalue weighted by Gasteiger charge is -2.25. The molecule has 0 fully saturated rings. The van der Waals surface area contributed by atoms with Crippen molar-refractivity contribution >= 4 is 22.7 Å². The van der Waals surface area contributed by atoms with E-state index in [1.165, 1.54) is 11.8 Å². The summed E-state index contributed by atoms with van der Waals surface area (Å²) in [4.78, 5) is 14.9. The molecule has 31 heavy (non-hydrogen) atoms. The van der Waals surface area contributed by atoms with Crippen molar-refractivity contribution < 1.29 is 14.3 Å². The summed E-state index contributed by atoms with van der Waals surface area (Å²) in [5.41, 5.74) is 3.37. The summed E-state index contributed by atoms with van der Waals surface area (Å²) in [6.45, 7) is 10.8. The Hall–Kier alpha value is -2.93. The van der Waals surface area contributed by atoms with E-state index in [0.717, 1.165) is 35.3 Å². The quantitative estimate of drug-likeness (QED) is 0.254. The van der Waals surface area contributed by atoms with Crippen LogP contribution in [0.3, 0.4) is 0 Å². The third-order valence-electron chi connectivity index (χ3n) is 4.84. The molecule has 2 aromatic carbocycles. The van der Waals surface area contributed by atoms with Crippen molar-refractivity contribution in [2.75, 3.05) is 20.8 Å². The molecule has 2 rings (SSSR count). The minimum atomic E-state index is -0.136. The number of benzene rings is 2. The maximum Gasteiger partial charge on any atom is 0.258 e. The molecular weight excluding hydrogens is 410 g/mol. The molecule has 0 radical (unpaired) electrons. The van der Waals surface area contributed by atoms with Crippen LogP contribution in [-0.4, -0.2) is 36.6 Å². The Morgan fingerprint density at radius 3 is 2.35 bits per heavy atom. The molecule has 0 unspecified atom stereocenters. The van der Waals surface area contributed by atoms with Crippen LogP contribution in [0.1, 0.15) is 46.8 Å². The van der Waals surface area contributed by atoms with E-state index in [9.17, 15) is 4.79 Å². The number of carbonyl (C=O) groups is 1. The zero-order valence-corrected chi connectivity index (χ0v) is 19.7. The van der Waals surface area contributed by atoms with E-state index in [1.807, 2.05) is 32.0 Å². The highest BCUT2D eigenvalue weighted by atomic mass is 32.2. The van der Waals surface area contributed by atoms with Crippen LogP contribution in [0, 0.1) is 13.8 Å². The highest BCUT2D eigenvalue weighted by Crippen LogP contribution is 2.30. The molecule has 0 heterocycles. The molecule has 6 nitrogen and oxygen atoms in total. The van der Waals surface area contributed by atoms with Gasteiger partial charge in [0, 0.05) is 17.7 Å². The van der Waals surface area contributed by atoms with Gasteiger partial charge in [-0.2, -0.15) is 5.10 Å². The predicted octanol–water partition coefficient (Wildman–Crippen LogP) is 5.09.